The molecule has 0 saturated heterocycles. The standard InChI is InChI=1S/C17H20O5/c1-4-5-6-7-11-21-16-15(20-3)14-12(19-2)9-8-10-13(14)22-17(16)18/h5-6,8-10H,4,7,11H2,1-3H3. The Hall–Kier alpha value is -2.43. The van der Waals surface area contributed by atoms with E-state index >= 15 is 0 Å². The third kappa shape index (κ3) is 3.24. The van der Waals surface area contributed by atoms with Crippen LogP contribution >= 0.6 is 0 Å². The van der Waals surface area contributed by atoms with E-state index in [1.54, 1.807) is 25.3 Å². The van der Waals surface area contributed by atoms with Gasteiger partial charge in [-0.15, -0.1) is 0 Å². The average molecular weight is 304 g/mol. The van der Waals surface area contributed by atoms with Crippen LogP contribution in [-0.2, 0) is 0 Å². The molecule has 0 bridgehead atoms. The Labute approximate surface area is 129 Å². The van der Waals surface area contributed by atoms with E-state index in [1.165, 1.54) is 7.11 Å². The summed E-state index contributed by atoms with van der Waals surface area (Å²) in [6.07, 6.45) is 5.74. The number of hydrogen-bond acceptors (Lipinski definition) is 5. The zero-order chi connectivity index (χ0) is 15.9. The van der Waals surface area contributed by atoms with Gasteiger partial charge in [0.25, 0.3) is 0 Å². The second kappa shape index (κ2) is 7.54. The van der Waals surface area contributed by atoms with Gasteiger partial charge in [-0.2, -0.15) is 0 Å². The van der Waals surface area contributed by atoms with E-state index in [-0.39, 0.29) is 5.75 Å². The van der Waals surface area contributed by atoms with Crippen LogP contribution in [0.4, 0.5) is 0 Å². The normalized spacial score (nSPS) is 11.0. The topological polar surface area (TPSA) is 57.9 Å². The van der Waals surface area contributed by atoms with E-state index in [1.807, 2.05) is 12.2 Å². The summed E-state index contributed by atoms with van der Waals surface area (Å²) in [5.41, 5.74) is -0.156. The summed E-state index contributed by atoms with van der Waals surface area (Å²) in [5, 5.41) is 0.589. The highest BCUT2D eigenvalue weighted by Gasteiger charge is 2.19. The van der Waals surface area contributed by atoms with Gasteiger partial charge in [0.15, 0.2) is 5.75 Å². The van der Waals surface area contributed by atoms with Crippen molar-refractivity contribution in [2.75, 3.05) is 20.8 Å². The number of methoxy groups -OCH3 is 2. The highest BCUT2D eigenvalue weighted by atomic mass is 16.5. The lowest BCUT2D eigenvalue weighted by molar-refractivity contribution is 0.285. The fourth-order valence-corrected chi connectivity index (χ4v) is 2.18. The van der Waals surface area contributed by atoms with Crippen molar-refractivity contribution in [3.63, 3.8) is 0 Å². The Morgan fingerprint density at radius 1 is 1.14 bits per heavy atom. The van der Waals surface area contributed by atoms with Gasteiger partial charge in [-0.1, -0.05) is 25.1 Å². The predicted molar refractivity (Wildman–Crippen MR) is 85.1 cm³/mol. The summed E-state index contributed by atoms with van der Waals surface area (Å²) in [4.78, 5) is 12.1. The Bertz CT molecular complexity index is 715. The molecule has 0 amide bonds. The van der Waals surface area contributed by atoms with Crippen molar-refractivity contribution in [3.8, 4) is 17.2 Å². The smallest absolute Gasteiger partial charge is 0.383 e. The molecular formula is C17H20O5. The molecule has 0 aliphatic rings. The van der Waals surface area contributed by atoms with Crippen LogP contribution in [-0.4, -0.2) is 20.8 Å². The largest absolute Gasteiger partial charge is 0.496 e. The van der Waals surface area contributed by atoms with E-state index < -0.39 is 5.63 Å². The Kier molecular flexibility index (Phi) is 5.47. The van der Waals surface area contributed by atoms with E-state index in [0.29, 0.717) is 35.5 Å². The third-order valence-corrected chi connectivity index (χ3v) is 3.17. The predicted octanol–water partition coefficient (Wildman–Crippen LogP) is 3.55. The highest BCUT2D eigenvalue weighted by molar-refractivity contribution is 5.91. The first-order chi connectivity index (χ1) is 10.7. The van der Waals surface area contributed by atoms with Crippen LogP contribution in [0.3, 0.4) is 0 Å². The molecule has 1 heterocycles. The second-order valence-corrected chi connectivity index (χ2v) is 4.60. The van der Waals surface area contributed by atoms with Crippen LogP contribution in [0.15, 0.2) is 39.6 Å². The molecule has 0 unspecified atom stereocenters. The molecule has 0 spiro atoms. The number of rotatable bonds is 7. The van der Waals surface area contributed by atoms with Crippen molar-refractivity contribution < 1.29 is 18.6 Å². The van der Waals surface area contributed by atoms with Gasteiger partial charge < -0.3 is 18.6 Å². The van der Waals surface area contributed by atoms with Crippen molar-refractivity contribution in [1.29, 1.82) is 0 Å². The fraction of sp³-hybridized carbons (Fsp3) is 0.353. The average Bonchev–Trinajstić information content (AvgIpc) is 2.54. The van der Waals surface area contributed by atoms with Crippen molar-refractivity contribution in [1.82, 2.24) is 0 Å². The molecule has 0 saturated carbocycles. The molecular weight excluding hydrogens is 284 g/mol. The quantitative estimate of drug-likeness (QED) is 0.445. The first-order valence-electron chi connectivity index (χ1n) is 7.18. The Morgan fingerprint density at radius 2 is 1.95 bits per heavy atom. The van der Waals surface area contributed by atoms with Gasteiger partial charge in [-0.3, -0.25) is 0 Å². The van der Waals surface area contributed by atoms with E-state index in [0.717, 1.165) is 6.42 Å². The lowest BCUT2D eigenvalue weighted by Gasteiger charge is -2.12. The monoisotopic (exact) mass is 304 g/mol. The minimum Gasteiger partial charge on any atom is -0.496 e. The SMILES string of the molecule is CCC=CCCOc1c(OC)c2c(OC)cccc2oc1=O. The summed E-state index contributed by atoms with van der Waals surface area (Å²) in [5.74, 6) is 0.974. The van der Waals surface area contributed by atoms with Gasteiger partial charge in [0, 0.05) is 0 Å². The Balaban J connectivity index is 2.42. The number of allylic oxidation sites excluding steroid dienone is 1. The molecule has 5 heteroatoms. The molecule has 0 atom stereocenters. The van der Waals surface area contributed by atoms with Gasteiger partial charge in [0.1, 0.15) is 16.7 Å². The molecule has 1 aromatic heterocycles. The summed E-state index contributed by atoms with van der Waals surface area (Å²) in [6, 6.07) is 5.22. The molecule has 1 aromatic carbocycles. The third-order valence-electron chi connectivity index (χ3n) is 3.17. The summed E-state index contributed by atoms with van der Waals surface area (Å²) < 4.78 is 21.6. The van der Waals surface area contributed by atoms with Crippen LogP contribution in [0, 0.1) is 0 Å². The van der Waals surface area contributed by atoms with Gasteiger partial charge in [-0.25, -0.2) is 4.79 Å². The van der Waals surface area contributed by atoms with E-state index in [4.69, 9.17) is 18.6 Å². The number of ether oxygens (including phenoxy) is 3. The zero-order valence-electron chi connectivity index (χ0n) is 13.0. The van der Waals surface area contributed by atoms with Gasteiger partial charge >= 0.3 is 5.63 Å². The molecule has 5 nitrogen and oxygen atoms in total. The van der Waals surface area contributed by atoms with Crippen molar-refractivity contribution in [3.05, 3.63) is 40.8 Å². The second-order valence-electron chi connectivity index (χ2n) is 4.60. The fourth-order valence-electron chi connectivity index (χ4n) is 2.18. The number of benzene rings is 1. The van der Waals surface area contributed by atoms with Gasteiger partial charge in [0.2, 0.25) is 5.75 Å². The lowest BCUT2D eigenvalue weighted by Crippen LogP contribution is -2.10. The molecule has 2 aromatic rings. The molecule has 2 rings (SSSR count). The zero-order valence-corrected chi connectivity index (χ0v) is 13.0. The minimum atomic E-state index is -0.558. The summed E-state index contributed by atoms with van der Waals surface area (Å²) in [6.45, 7) is 2.43. The first kappa shape index (κ1) is 15.9. The van der Waals surface area contributed by atoms with Crippen LogP contribution < -0.4 is 19.8 Å². The van der Waals surface area contributed by atoms with Crippen LogP contribution in [0.5, 0.6) is 17.2 Å². The van der Waals surface area contributed by atoms with Crippen molar-refractivity contribution in [2.45, 2.75) is 19.8 Å². The maximum atomic E-state index is 12.1. The van der Waals surface area contributed by atoms with Crippen LogP contribution in [0.1, 0.15) is 19.8 Å². The van der Waals surface area contributed by atoms with Crippen molar-refractivity contribution in [2.24, 2.45) is 0 Å². The van der Waals surface area contributed by atoms with E-state index in [9.17, 15) is 4.79 Å². The lowest BCUT2D eigenvalue weighted by atomic mass is 10.2. The summed E-state index contributed by atoms with van der Waals surface area (Å²) in [7, 11) is 3.04. The van der Waals surface area contributed by atoms with Crippen LogP contribution in [0.25, 0.3) is 11.0 Å². The number of hydrogen-bond donors (Lipinski definition) is 0. The molecule has 0 fully saturated rings. The van der Waals surface area contributed by atoms with E-state index in [2.05, 4.69) is 6.92 Å². The number of fused-ring (bicyclic) bond motifs is 1. The molecule has 0 aliphatic heterocycles. The molecule has 0 N–H and O–H groups in total. The van der Waals surface area contributed by atoms with Gasteiger partial charge in [-0.05, 0) is 25.0 Å². The maximum absolute atomic E-state index is 12.1. The Morgan fingerprint density at radius 3 is 2.64 bits per heavy atom. The highest BCUT2D eigenvalue weighted by Crippen LogP contribution is 2.38. The molecule has 0 aliphatic carbocycles. The molecule has 118 valence electrons. The first-order valence-corrected chi connectivity index (χ1v) is 7.18. The van der Waals surface area contributed by atoms with Gasteiger partial charge in [0.05, 0.1) is 20.8 Å². The molecule has 0 radical (unpaired) electrons. The molecule has 22 heavy (non-hydrogen) atoms. The van der Waals surface area contributed by atoms with Crippen LogP contribution in [0.2, 0.25) is 0 Å². The maximum Gasteiger partial charge on any atom is 0.383 e. The summed E-state index contributed by atoms with van der Waals surface area (Å²) >= 11 is 0. The van der Waals surface area contributed by atoms with Crippen molar-refractivity contribution >= 4 is 11.0 Å². The minimum absolute atomic E-state index is 0.0735.